The Morgan fingerprint density at radius 1 is 1.38 bits per heavy atom. The Morgan fingerprint density at radius 2 is 2.00 bits per heavy atom. The third kappa shape index (κ3) is 9.96. The molecule has 8 heavy (non-hydrogen) atoms. The first kappa shape index (κ1) is 11.6. The summed E-state index contributed by atoms with van der Waals surface area (Å²) in [5.41, 5.74) is 0. The third-order valence-electron chi connectivity index (χ3n) is 0.792. The summed E-state index contributed by atoms with van der Waals surface area (Å²) in [5, 5.41) is 1.13. The van der Waals surface area contributed by atoms with Crippen LogP contribution in [0.25, 0.3) is 0 Å². The zero-order chi connectivity index (χ0) is 5.54. The van der Waals surface area contributed by atoms with Crippen LogP contribution in [0.3, 0.4) is 0 Å². The van der Waals surface area contributed by atoms with E-state index in [9.17, 15) is 0 Å². The first-order valence-corrected chi connectivity index (χ1v) is 3.71. The van der Waals surface area contributed by atoms with Crippen LogP contribution in [-0.2, 0) is 19.5 Å². The molecule has 0 radical (unpaired) electrons. The number of hydrogen-bond donors (Lipinski definition) is 0. The van der Waals surface area contributed by atoms with Crippen LogP contribution in [0, 0.1) is 0 Å². The molecule has 0 saturated carbocycles. The van der Waals surface area contributed by atoms with E-state index in [1.165, 1.54) is 12.8 Å². The number of unbranched alkanes of at least 4 members (excludes halogenated alkanes) is 2. The Kier molecular flexibility index (Phi) is 15.6. The van der Waals surface area contributed by atoms with Crippen molar-refractivity contribution in [2.24, 2.45) is 0 Å². The zero-order valence-corrected chi connectivity index (χ0v) is 9.75. The van der Waals surface area contributed by atoms with Gasteiger partial charge in [-0.25, -0.2) is 0 Å². The van der Waals surface area contributed by atoms with E-state index < -0.39 is 0 Å². The van der Waals surface area contributed by atoms with Crippen LogP contribution in [0.2, 0.25) is 0 Å². The van der Waals surface area contributed by atoms with Crippen molar-refractivity contribution >= 4 is 15.9 Å². The second kappa shape index (κ2) is 10.8. The van der Waals surface area contributed by atoms with Crippen molar-refractivity contribution in [1.82, 2.24) is 0 Å². The quantitative estimate of drug-likeness (QED) is 0.300. The minimum atomic E-state index is 0. The third-order valence-corrected chi connectivity index (χ3v) is 1.35. The molecule has 44 valence electrons. The molecule has 0 spiro atoms. The zero-order valence-electron chi connectivity index (χ0n) is 5.20. The second-order valence-electron chi connectivity index (χ2n) is 1.47. The molecule has 0 unspecified atom stereocenters. The van der Waals surface area contributed by atoms with Crippen molar-refractivity contribution in [3.8, 4) is 0 Å². The first-order valence-electron chi connectivity index (χ1n) is 2.58. The van der Waals surface area contributed by atoms with E-state index in [0.717, 1.165) is 11.8 Å². The van der Waals surface area contributed by atoms with Gasteiger partial charge in [0.15, 0.2) is 0 Å². The summed E-state index contributed by atoms with van der Waals surface area (Å²) in [6, 6.07) is 0. The molecule has 0 saturated heterocycles. The maximum absolute atomic E-state index is 3.62. The second-order valence-corrected chi connectivity index (χ2v) is 2.27. The number of hydrogen-bond acceptors (Lipinski definition) is 0. The minimum absolute atomic E-state index is 0. The molecular weight excluding hydrogens is 217 g/mol. The Morgan fingerprint density at radius 3 is 2.38 bits per heavy atom. The van der Waals surface area contributed by atoms with Gasteiger partial charge in [-0.2, -0.15) is 0 Å². The predicted octanol–water partition coefficient (Wildman–Crippen LogP) is 2.74. The van der Waals surface area contributed by atoms with E-state index in [1.54, 1.807) is 0 Å². The van der Waals surface area contributed by atoms with E-state index in [4.69, 9.17) is 0 Å². The van der Waals surface area contributed by atoms with Gasteiger partial charge in [0.05, 0.1) is 0 Å². The van der Waals surface area contributed by atoms with Crippen LogP contribution in [0.4, 0.5) is 0 Å². The summed E-state index contributed by atoms with van der Waals surface area (Å²) in [5.74, 6) is 0. The predicted molar refractivity (Wildman–Crippen MR) is 37.8 cm³/mol. The number of allylic oxidation sites excluding steroid dienone is 1. The van der Waals surface area contributed by atoms with Crippen molar-refractivity contribution in [2.45, 2.75) is 19.3 Å². The molecule has 0 aromatic rings. The van der Waals surface area contributed by atoms with E-state index in [1.807, 2.05) is 6.08 Å². The summed E-state index contributed by atoms with van der Waals surface area (Å²) in [4.78, 5) is 0. The van der Waals surface area contributed by atoms with Crippen LogP contribution in [0.15, 0.2) is 12.7 Å². The van der Waals surface area contributed by atoms with Gasteiger partial charge in [-0.3, -0.25) is 0 Å². The first-order chi connectivity index (χ1) is 3.41. The molecular formula is C6H11BrZn. The number of halogens is 1. The van der Waals surface area contributed by atoms with Gasteiger partial charge >= 0.3 is 0 Å². The summed E-state index contributed by atoms with van der Waals surface area (Å²) in [6.45, 7) is 3.62. The van der Waals surface area contributed by atoms with Crippen LogP contribution >= 0.6 is 15.9 Å². The molecule has 0 aliphatic heterocycles. The van der Waals surface area contributed by atoms with Gasteiger partial charge in [0.25, 0.3) is 0 Å². The average Bonchev–Trinajstić information content (AvgIpc) is 1.69. The molecule has 0 heterocycles. The molecule has 0 aromatic heterocycles. The van der Waals surface area contributed by atoms with Crippen molar-refractivity contribution in [3.05, 3.63) is 12.7 Å². The number of rotatable bonds is 4. The maximum atomic E-state index is 3.62. The Bertz CT molecular complexity index is 45.8. The van der Waals surface area contributed by atoms with Crippen LogP contribution < -0.4 is 0 Å². The van der Waals surface area contributed by atoms with E-state index in [0.29, 0.717) is 0 Å². The fourth-order valence-electron chi connectivity index (χ4n) is 0.383. The van der Waals surface area contributed by atoms with Crippen molar-refractivity contribution in [3.63, 3.8) is 0 Å². The smallest absolute Gasteiger partial charge is 0.00314 e. The van der Waals surface area contributed by atoms with Crippen molar-refractivity contribution in [2.75, 3.05) is 5.33 Å². The van der Waals surface area contributed by atoms with Gasteiger partial charge in [0, 0.05) is 24.8 Å². The largest absolute Gasteiger partial charge is 0.103 e. The molecule has 0 fully saturated rings. The Balaban J connectivity index is 0. The van der Waals surface area contributed by atoms with Gasteiger partial charge in [-0.1, -0.05) is 22.0 Å². The van der Waals surface area contributed by atoms with E-state index >= 15 is 0 Å². The fourth-order valence-corrected chi connectivity index (χ4v) is 0.780. The standard InChI is InChI=1S/C6H11Br.Zn/c1-2-3-4-5-6-7;/h2H,1,3-6H2;. The SMILES string of the molecule is C=CCCCCBr.[Zn]. The molecule has 2 heteroatoms. The summed E-state index contributed by atoms with van der Waals surface area (Å²) in [7, 11) is 0. The van der Waals surface area contributed by atoms with Gasteiger partial charge < -0.3 is 0 Å². The van der Waals surface area contributed by atoms with Crippen LogP contribution in [-0.4, -0.2) is 5.33 Å². The van der Waals surface area contributed by atoms with Gasteiger partial charge in [0.1, 0.15) is 0 Å². The average molecular weight is 228 g/mol. The van der Waals surface area contributed by atoms with E-state index in [2.05, 4.69) is 22.5 Å². The molecule has 0 aromatic carbocycles. The van der Waals surface area contributed by atoms with Crippen LogP contribution in [0.5, 0.6) is 0 Å². The van der Waals surface area contributed by atoms with Gasteiger partial charge in [0.2, 0.25) is 0 Å². The Hall–Kier alpha value is 0.843. The minimum Gasteiger partial charge on any atom is -0.103 e. The summed E-state index contributed by atoms with van der Waals surface area (Å²) < 4.78 is 0. The topological polar surface area (TPSA) is 0 Å². The van der Waals surface area contributed by atoms with Crippen LogP contribution in [0.1, 0.15) is 19.3 Å². The normalized spacial score (nSPS) is 7.62. The molecule has 0 atom stereocenters. The number of alkyl halides is 1. The maximum Gasteiger partial charge on any atom is 0.00314 e. The molecule has 0 aliphatic rings. The molecule has 0 amide bonds. The van der Waals surface area contributed by atoms with Crippen molar-refractivity contribution < 1.29 is 19.5 Å². The molecule has 0 nitrogen and oxygen atoms in total. The van der Waals surface area contributed by atoms with Crippen molar-refractivity contribution in [1.29, 1.82) is 0 Å². The molecule has 0 aliphatic carbocycles. The molecule has 0 N–H and O–H groups in total. The summed E-state index contributed by atoms with van der Waals surface area (Å²) in [6.07, 6.45) is 5.66. The fraction of sp³-hybridized carbons (Fsp3) is 0.667. The van der Waals surface area contributed by atoms with E-state index in [-0.39, 0.29) is 19.5 Å². The van der Waals surface area contributed by atoms with Gasteiger partial charge in [-0.15, -0.1) is 6.58 Å². The summed E-state index contributed by atoms with van der Waals surface area (Å²) >= 11 is 3.35. The monoisotopic (exact) mass is 226 g/mol. The Labute approximate surface area is 72.6 Å². The molecule has 0 bridgehead atoms. The molecule has 0 rings (SSSR count). The van der Waals surface area contributed by atoms with Gasteiger partial charge in [-0.05, 0) is 19.3 Å².